The van der Waals surface area contributed by atoms with E-state index in [2.05, 4.69) is 26.3 Å². The molecule has 2 N–H and O–H groups in total. The molecule has 2 unspecified atom stereocenters. The van der Waals surface area contributed by atoms with E-state index in [1.165, 1.54) is 18.2 Å². The molecule has 0 amide bonds. The number of carboxylic acid groups (broad SMARTS) is 2. The minimum absolute atomic E-state index is 0.0215. The summed E-state index contributed by atoms with van der Waals surface area (Å²) in [6, 6.07) is 0. The molecule has 25 heavy (non-hydrogen) atoms. The summed E-state index contributed by atoms with van der Waals surface area (Å²) in [6.45, 7) is 15.4. The predicted molar refractivity (Wildman–Crippen MR) is 99.0 cm³/mol. The van der Waals surface area contributed by atoms with E-state index in [1.54, 1.807) is 29.2 Å². The molecule has 1 aliphatic rings. The lowest BCUT2D eigenvalue weighted by Gasteiger charge is -2.48. The van der Waals surface area contributed by atoms with Crippen LogP contribution in [0.5, 0.6) is 0 Å². The molecule has 134 valence electrons. The van der Waals surface area contributed by atoms with Crippen LogP contribution in [0.15, 0.2) is 74.5 Å². The van der Waals surface area contributed by atoms with Gasteiger partial charge in [-0.3, -0.25) is 9.59 Å². The molecule has 0 aromatic rings. The first-order valence-corrected chi connectivity index (χ1v) is 7.93. The Kier molecular flexibility index (Phi) is 6.74. The van der Waals surface area contributed by atoms with Crippen LogP contribution in [0.1, 0.15) is 12.8 Å². The van der Waals surface area contributed by atoms with Crippen LogP contribution in [0, 0.1) is 10.8 Å². The number of rotatable bonds is 11. The topological polar surface area (TPSA) is 77.8 Å². The van der Waals surface area contributed by atoms with E-state index in [0.717, 1.165) is 0 Å². The third-order valence-electron chi connectivity index (χ3n) is 4.54. The summed E-state index contributed by atoms with van der Waals surface area (Å²) in [5.74, 6) is -2.43. The van der Waals surface area contributed by atoms with E-state index in [-0.39, 0.29) is 12.8 Å². The highest BCUT2D eigenvalue weighted by Crippen LogP contribution is 2.55. The predicted octanol–water partition coefficient (Wildman–Crippen LogP) is 3.41. The van der Waals surface area contributed by atoms with Crippen LogP contribution < -0.4 is 0 Å². The van der Waals surface area contributed by atoms with E-state index in [1.807, 2.05) is 0 Å². The Hall–Kier alpha value is -2.82. The fraction of sp³-hybridized carbons (Fsp3) is 0.300. The molecule has 0 spiro atoms. The maximum atomic E-state index is 12.5. The quantitative estimate of drug-likeness (QED) is 0.562. The fourth-order valence-corrected chi connectivity index (χ4v) is 3.48. The van der Waals surface area contributed by atoms with Crippen molar-refractivity contribution < 1.29 is 19.8 Å². The molecule has 0 bridgehead atoms. The molecule has 0 saturated carbocycles. The number of hydrogen-bond donors (Lipinski definition) is 2. The van der Waals surface area contributed by atoms with Gasteiger partial charge in [-0.1, -0.05) is 36.5 Å². The largest absolute Gasteiger partial charge is 0.481 e. The number of allylic oxidation sites excluding steroid dienone is 4. The minimum Gasteiger partial charge on any atom is -0.481 e. The lowest BCUT2D eigenvalue weighted by atomic mass is 9.56. The van der Waals surface area contributed by atoms with Gasteiger partial charge in [0.2, 0.25) is 0 Å². The van der Waals surface area contributed by atoms with Gasteiger partial charge in [0.15, 0.2) is 0 Å². The van der Waals surface area contributed by atoms with Crippen LogP contribution in [-0.4, -0.2) is 40.1 Å². The molecule has 0 aromatic carbocycles. The van der Waals surface area contributed by atoms with Crippen molar-refractivity contribution >= 4 is 11.9 Å². The zero-order valence-electron chi connectivity index (χ0n) is 14.4. The molecule has 5 nitrogen and oxygen atoms in total. The molecular formula is C20H25NO4. The number of nitrogens with zero attached hydrogens (tertiary/aromatic N) is 1. The van der Waals surface area contributed by atoms with Gasteiger partial charge < -0.3 is 15.1 Å². The average Bonchev–Trinajstić information content (AvgIpc) is 2.56. The third-order valence-corrected chi connectivity index (χ3v) is 4.54. The number of aliphatic carboxylic acids is 2. The first-order chi connectivity index (χ1) is 11.9. The molecule has 0 saturated heterocycles. The van der Waals surface area contributed by atoms with Crippen LogP contribution in [0.2, 0.25) is 0 Å². The summed E-state index contributed by atoms with van der Waals surface area (Å²) in [5.41, 5.74) is -2.99. The molecule has 0 radical (unpaired) electrons. The van der Waals surface area contributed by atoms with Crippen LogP contribution in [0.4, 0.5) is 0 Å². The smallest absolute Gasteiger partial charge is 0.317 e. The van der Waals surface area contributed by atoms with Gasteiger partial charge in [-0.25, -0.2) is 0 Å². The zero-order chi connectivity index (χ0) is 19.1. The number of carbonyl (C=O) groups is 2. The summed E-state index contributed by atoms with van der Waals surface area (Å²) in [6.07, 6.45) is 10.8. The number of hydrogen-bond acceptors (Lipinski definition) is 3. The SMILES string of the molecule is C=CCN(CC=C)C1=CC=CC(CC=C)(C(=O)O)C1(CC=C)C(=O)O. The van der Waals surface area contributed by atoms with Crippen molar-refractivity contribution in [1.29, 1.82) is 0 Å². The first-order valence-electron chi connectivity index (χ1n) is 7.93. The van der Waals surface area contributed by atoms with E-state index < -0.39 is 22.8 Å². The van der Waals surface area contributed by atoms with Crippen molar-refractivity contribution in [3.63, 3.8) is 0 Å². The average molecular weight is 343 g/mol. The van der Waals surface area contributed by atoms with Crippen molar-refractivity contribution in [2.45, 2.75) is 12.8 Å². The lowest BCUT2D eigenvalue weighted by Crippen LogP contribution is -2.56. The Labute approximate surface area is 148 Å². The van der Waals surface area contributed by atoms with Gasteiger partial charge in [0.25, 0.3) is 0 Å². The number of carboxylic acids is 2. The van der Waals surface area contributed by atoms with Crippen molar-refractivity contribution in [2.24, 2.45) is 10.8 Å². The molecule has 2 atom stereocenters. The highest BCUT2D eigenvalue weighted by Gasteiger charge is 2.62. The molecule has 0 aliphatic heterocycles. The van der Waals surface area contributed by atoms with Crippen LogP contribution in [0.3, 0.4) is 0 Å². The summed E-state index contributed by atoms with van der Waals surface area (Å²) in [4.78, 5) is 26.5. The van der Waals surface area contributed by atoms with Gasteiger partial charge in [-0.05, 0) is 18.9 Å². The summed E-state index contributed by atoms with van der Waals surface area (Å²) >= 11 is 0. The van der Waals surface area contributed by atoms with Gasteiger partial charge in [-0.2, -0.15) is 0 Å². The van der Waals surface area contributed by atoms with E-state index >= 15 is 0 Å². The summed E-state index contributed by atoms with van der Waals surface area (Å²) in [7, 11) is 0. The fourth-order valence-electron chi connectivity index (χ4n) is 3.48. The maximum Gasteiger partial charge on any atom is 0.317 e. The second kappa shape index (κ2) is 8.33. The Morgan fingerprint density at radius 3 is 1.92 bits per heavy atom. The summed E-state index contributed by atoms with van der Waals surface area (Å²) < 4.78 is 0. The van der Waals surface area contributed by atoms with Gasteiger partial charge in [0.05, 0.1) is 0 Å². The molecule has 1 aliphatic carbocycles. The molecular weight excluding hydrogens is 318 g/mol. The van der Waals surface area contributed by atoms with E-state index in [0.29, 0.717) is 18.8 Å². The molecule has 5 heteroatoms. The maximum absolute atomic E-state index is 12.5. The Balaban J connectivity index is 3.79. The van der Waals surface area contributed by atoms with Crippen LogP contribution in [-0.2, 0) is 9.59 Å². The van der Waals surface area contributed by atoms with Gasteiger partial charge in [0.1, 0.15) is 10.8 Å². The Bertz CT molecular complexity index is 636. The lowest BCUT2D eigenvalue weighted by molar-refractivity contribution is -0.167. The van der Waals surface area contributed by atoms with Gasteiger partial charge >= 0.3 is 11.9 Å². The van der Waals surface area contributed by atoms with Crippen LogP contribution in [0.25, 0.3) is 0 Å². The summed E-state index contributed by atoms with van der Waals surface area (Å²) in [5, 5.41) is 20.2. The molecule has 0 fully saturated rings. The molecule has 0 aromatic heterocycles. The standard InChI is InChI=1S/C20H25NO4/c1-5-11-19(17(22)23)13-9-10-16(21(14-7-3)15-8-4)20(19,12-6-2)18(24)25/h5-10,13H,1-4,11-12,14-15H2,(H,22,23)(H,24,25). The minimum atomic E-state index is -1.71. The normalized spacial score (nSPS) is 24.7. The van der Waals surface area contributed by atoms with Crippen molar-refractivity contribution in [3.05, 3.63) is 74.5 Å². The second-order valence-corrected chi connectivity index (χ2v) is 5.87. The van der Waals surface area contributed by atoms with E-state index in [9.17, 15) is 19.8 Å². The van der Waals surface area contributed by atoms with Gasteiger partial charge in [0, 0.05) is 18.8 Å². The highest BCUT2D eigenvalue weighted by atomic mass is 16.4. The monoisotopic (exact) mass is 343 g/mol. The van der Waals surface area contributed by atoms with Gasteiger partial charge in [-0.15, -0.1) is 26.3 Å². The zero-order valence-corrected chi connectivity index (χ0v) is 14.4. The van der Waals surface area contributed by atoms with Crippen molar-refractivity contribution in [1.82, 2.24) is 4.90 Å². The second-order valence-electron chi connectivity index (χ2n) is 5.87. The van der Waals surface area contributed by atoms with Crippen LogP contribution >= 0.6 is 0 Å². The molecule has 0 heterocycles. The Morgan fingerprint density at radius 1 is 0.960 bits per heavy atom. The highest BCUT2D eigenvalue weighted by molar-refractivity contribution is 5.92. The van der Waals surface area contributed by atoms with Crippen molar-refractivity contribution in [3.8, 4) is 0 Å². The van der Waals surface area contributed by atoms with Crippen molar-refractivity contribution in [2.75, 3.05) is 13.1 Å². The Morgan fingerprint density at radius 2 is 1.52 bits per heavy atom. The molecule has 1 rings (SSSR count). The first kappa shape index (κ1) is 20.2. The third kappa shape index (κ3) is 3.22. The van der Waals surface area contributed by atoms with E-state index in [4.69, 9.17) is 0 Å².